The minimum Gasteiger partial charge on any atom is -0.467 e. The summed E-state index contributed by atoms with van der Waals surface area (Å²) in [6.07, 6.45) is 2.63. The summed E-state index contributed by atoms with van der Waals surface area (Å²) < 4.78 is 11.2. The Hall–Kier alpha value is -2.27. The van der Waals surface area contributed by atoms with Gasteiger partial charge in [0.2, 0.25) is 0 Å². The van der Waals surface area contributed by atoms with Crippen molar-refractivity contribution in [1.82, 2.24) is 10.2 Å². The number of benzene rings is 1. The first-order valence-electron chi connectivity index (χ1n) is 8.37. The van der Waals surface area contributed by atoms with Gasteiger partial charge in [-0.25, -0.2) is 4.79 Å². The second-order valence-corrected chi connectivity index (χ2v) is 6.24. The molecule has 1 aliphatic rings. The zero-order chi connectivity index (χ0) is 16.9. The maximum atomic E-state index is 12.4. The maximum Gasteiger partial charge on any atom is 0.317 e. The number of carbonyl (C=O) groups is 1. The van der Waals surface area contributed by atoms with E-state index >= 15 is 0 Å². The molecule has 0 spiro atoms. The van der Waals surface area contributed by atoms with Gasteiger partial charge in [-0.1, -0.05) is 30.3 Å². The number of nitrogens with zero attached hydrogens (tertiary/aromatic N) is 1. The third kappa shape index (κ3) is 3.62. The molecule has 2 aromatic rings. The Labute approximate surface area is 142 Å². The first kappa shape index (κ1) is 16.6. The topological polar surface area (TPSA) is 54.7 Å². The van der Waals surface area contributed by atoms with Gasteiger partial charge in [0.15, 0.2) is 0 Å². The number of urea groups is 1. The summed E-state index contributed by atoms with van der Waals surface area (Å²) in [5.74, 6) is 1.07. The van der Waals surface area contributed by atoms with Gasteiger partial charge in [-0.3, -0.25) is 0 Å². The Kier molecular flexibility index (Phi) is 5.20. The van der Waals surface area contributed by atoms with Gasteiger partial charge in [0, 0.05) is 26.1 Å². The van der Waals surface area contributed by atoms with Crippen LogP contribution in [0, 0.1) is 5.92 Å². The molecule has 1 N–H and O–H groups in total. The molecule has 1 saturated heterocycles. The molecule has 5 heteroatoms. The van der Waals surface area contributed by atoms with Crippen LogP contribution in [0.25, 0.3) is 0 Å². The number of amides is 2. The van der Waals surface area contributed by atoms with Crippen molar-refractivity contribution in [3.8, 4) is 0 Å². The molecule has 3 atom stereocenters. The molecule has 3 rings (SSSR count). The van der Waals surface area contributed by atoms with Crippen LogP contribution in [-0.4, -0.2) is 31.1 Å². The van der Waals surface area contributed by atoms with Crippen LogP contribution in [0.4, 0.5) is 4.79 Å². The largest absolute Gasteiger partial charge is 0.467 e. The number of hydrogen-bond acceptors (Lipinski definition) is 3. The molecule has 2 amide bonds. The zero-order valence-electron chi connectivity index (χ0n) is 14.1. The molecular formula is C19H24N2O3. The summed E-state index contributed by atoms with van der Waals surface area (Å²) in [4.78, 5) is 14.1. The normalized spacial score (nSPS) is 21.4. The highest BCUT2D eigenvalue weighted by Crippen LogP contribution is 2.34. The average Bonchev–Trinajstić information content (AvgIpc) is 3.30. The summed E-state index contributed by atoms with van der Waals surface area (Å²) in [6, 6.07) is 13.7. The smallest absolute Gasteiger partial charge is 0.317 e. The van der Waals surface area contributed by atoms with Crippen molar-refractivity contribution in [3.63, 3.8) is 0 Å². The van der Waals surface area contributed by atoms with Crippen molar-refractivity contribution in [1.29, 1.82) is 0 Å². The minimum atomic E-state index is -0.107. The summed E-state index contributed by atoms with van der Waals surface area (Å²) in [7, 11) is 1.78. The first-order valence-corrected chi connectivity index (χ1v) is 8.37. The molecule has 1 aromatic carbocycles. The third-order valence-electron chi connectivity index (χ3n) is 4.71. The van der Waals surface area contributed by atoms with Crippen molar-refractivity contribution in [2.45, 2.75) is 25.5 Å². The van der Waals surface area contributed by atoms with Crippen LogP contribution in [0.5, 0.6) is 0 Å². The fourth-order valence-electron chi connectivity index (χ4n) is 3.09. The zero-order valence-corrected chi connectivity index (χ0v) is 14.1. The van der Waals surface area contributed by atoms with Gasteiger partial charge < -0.3 is 19.4 Å². The summed E-state index contributed by atoms with van der Waals surface area (Å²) >= 11 is 0. The van der Waals surface area contributed by atoms with Gasteiger partial charge in [0.1, 0.15) is 5.76 Å². The molecule has 0 radical (unpaired) electrons. The number of rotatable bonds is 5. The molecule has 0 aliphatic carbocycles. The Morgan fingerprint density at radius 1 is 1.29 bits per heavy atom. The lowest BCUT2D eigenvalue weighted by molar-refractivity contribution is 0.0903. The molecule has 5 nitrogen and oxygen atoms in total. The van der Waals surface area contributed by atoms with Crippen LogP contribution in [0.2, 0.25) is 0 Å². The fourth-order valence-corrected chi connectivity index (χ4v) is 3.09. The SMILES string of the molecule is C[C@H](c1ccco1)N(C)C(=O)NC[C@H]1CCO[C@@H]1c1ccccc1. The number of nitrogens with one attached hydrogen (secondary N) is 1. The quantitative estimate of drug-likeness (QED) is 0.909. The van der Waals surface area contributed by atoms with E-state index in [2.05, 4.69) is 17.4 Å². The second kappa shape index (κ2) is 7.53. The van der Waals surface area contributed by atoms with Gasteiger partial charge >= 0.3 is 6.03 Å². The Balaban J connectivity index is 1.55. The van der Waals surface area contributed by atoms with Crippen molar-refractivity contribution < 1.29 is 13.9 Å². The molecule has 1 aliphatic heterocycles. The average molecular weight is 328 g/mol. The molecular weight excluding hydrogens is 304 g/mol. The summed E-state index contributed by atoms with van der Waals surface area (Å²) in [5.41, 5.74) is 1.17. The fraction of sp³-hybridized carbons (Fsp3) is 0.421. The lowest BCUT2D eigenvalue weighted by Gasteiger charge is -2.25. The van der Waals surface area contributed by atoms with Crippen LogP contribution >= 0.6 is 0 Å². The van der Waals surface area contributed by atoms with Crippen LogP contribution in [0.15, 0.2) is 53.1 Å². The van der Waals surface area contributed by atoms with Gasteiger partial charge in [-0.05, 0) is 31.0 Å². The number of hydrogen-bond donors (Lipinski definition) is 1. The van der Waals surface area contributed by atoms with E-state index in [1.807, 2.05) is 37.3 Å². The van der Waals surface area contributed by atoms with Crippen molar-refractivity contribution in [3.05, 3.63) is 60.1 Å². The van der Waals surface area contributed by atoms with Gasteiger partial charge in [0.05, 0.1) is 18.4 Å². The summed E-state index contributed by atoms with van der Waals surface area (Å²) in [6.45, 7) is 3.29. The van der Waals surface area contributed by atoms with E-state index in [4.69, 9.17) is 9.15 Å². The lowest BCUT2D eigenvalue weighted by Crippen LogP contribution is -2.41. The van der Waals surface area contributed by atoms with Gasteiger partial charge in [0.25, 0.3) is 0 Å². The molecule has 0 bridgehead atoms. The highest BCUT2D eigenvalue weighted by atomic mass is 16.5. The Morgan fingerprint density at radius 2 is 2.08 bits per heavy atom. The number of ether oxygens (including phenoxy) is 1. The predicted octanol–water partition coefficient (Wildman–Crippen LogP) is 3.76. The van der Waals surface area contributed by atoms with Gasteiger partial charge in [-0.2, -0.15) is 0 Å². The molecule has 2 heterocycles. The Bertz CT molecular complexity index is 642. The molecule has 128 valence electrons. The maximum absolute atomic E-state index is 12.4. The van der Waals surface area contributed by atoms with Crippen molar-refractivity contribution >= 4 is 6.03 Å². The number of carbonyl (C=O) groups excluding carboxylic acids is 1. The third-order valence-corrected chi connectivity index (χ3v) is 4.71. The number of furan rings is 1. The molecule has 1 fully saturated rings. The lowest BCUT2D eigenvalue weighted by atomic mass is 9.95. The monoisotopic (exact) mass is 328 g/mol. The van der Waals surface area contributed by atoms with E-state index in [-0.39, 0.29) is 18.2 Å². The van der Waals surface area contributed by atoms with E-state index in [1.54, 1.807) is 18.2 Å². The van der Waals surface area contributed by atoms with Gasteiger partial charge in [-0.15, -0.1) is 0 Å². The van der Waals surface area contributed by atoms with Crippen LogP contribution in [0.1, 0.15) is 36.8 Å². The second-order valence-electron chi connectivity index (χ2n) is 6.24. The standard InChI is InChI=1S/C19H24N2O3/c1-14(17-9-6-11-23-17)21(2)19(22)20-13-16-10-12-24-18(16)15-7-4-3-5-8-15/h3-9,11,14,16,18H,10,12-13H2,1-2H3,(H,20,22)/t14-,16-,18-/m1/s1. The van der Waals surface area contributed by atoms with E-state index in [0.29, 0.717) is 12.5 Å². The Morgan fingerprint density at radius 3 is 2.79 bits per heavy atom. The highest BCUT2D eigenvalue weighted by molar-refractivity contribution is 5.74. The molecule has 24 heavy (non-hydrogen) atoms. The first-order chi connectivity index (χ1) is 11.7. The predicted molar refractivity (Wildman–Crippen MR) is 91.5 cm³/mol. The van der Waals surface area contributed by atoms with E-state index in [9.17, 15) is 4.79 Å². The van der Waals surface area contributed by atoms with Crippen molar-refractivity contribution in [2.75, 3.05) is 20.2 Å². The van der Waals surface area contributed by atoms with Crippen molar-refractivity contribution in [2.24, 2.45) is 5.92 Å². The van der Waals surface area contributed by atoms with Crippen LogP contribution < -0.4 is 5.32 Å². The van der Waals surface area contributed by atoms with E-state index in [1.165, 1.54) is 5.56 Å². The van der Waals surface area contributed by atoms with Crippen LogP contribution in [0.3, 0.4) is 0 Å². The highest BCUT2D eigenvalue weighted by Gasteiger charge is 2.30. The molecule has 0 saturated carbocycles. The molecule has 0 unspecified atom stereocenters. The van der Waals surface area contributed by atoms with E-state index in [0.717, 1.165) is 18.8 Å². The van der Waals surface area contributed by atoms with E-state index < -0.39 is 0 Å². The summed E-state index contributed by atoms with van der Waals surface area (Å²) in [5, 5.41) is 3.03. The molecule has 1 aromatic heterocycles. The minimum absolute atomic E-state index is 0.0549. The van der Waals surface area contributed by atoms with Crippen LogP contribution in [-0.2, 0) is 4.74 Å².